The zero-order valence-electron chi connectivity index (χ0n) is 13.7. The zero-order valence-corrected chi connectivity index (χ0v) is 14.5. The van der Waals surface area contributed by atoms with Gasteiger partial charge in [0.1, 0.15) is 12.7 Å². The van der Waals surface area contributed by atoms with Crippen LogP contribution in [0, 0.1) is 6.92 Å². The maximum atomic E-state index is 12.9. The van der Waals surface area contributed by atoms with E-state index in [0.717, 1.165) is 9.54 Å². The van der Waals surface area contributed by atoms with Gasteiger partial charge in [0.2, 0.25) is 0 Å². The number of benzene rings is 1. The molecule has 1 saturated heterocycles. The van der Waals surface area contributed by atoms with Gasteiger partial charge in [-0.05, 0) is 19.1 Å². The van der Waals surface area contributed by atoms with Crippen LogP contribution in [0.1, 0.15) is 5.56 Å². The van der Waals surface area contributed by atoms with Crippen LogP contribution in [0.3, 0.4) is 0 Å². The summed E-state index contributed by atoms with van der Waals surface area (Å²) in [6.45, 7) is 4.49. The summed E-state index contributed by atoms with van der Waals surface area (Å²) in [5, 5.41) is 0. The van der Waals surface area contributed by atoms with Gasteiger partial charge in [-0.1, -0.05) is 17.7 Å². The smallest absolute Gasteiger partial charge is 0.270 e. The van der Waals surface area contributed by atoms with Crippen LogP contribution in [-0.2, 0) is 14.8 Å². The average molecular weight is 359 g/mol. The molecule has 1 aliphatic rings. The lowest BCUT2D eigenvalue weighted by Gasteiger charge is -2.27. The van der Waals surface area contributed by atoms with Crippen LogP contribution in [0.25, 0.3) is 11.2 Å². The molecule has 0 radical (unpaired) electrons. The lowest BCUT2D eigenvalue weighted by Crippen LogP contribution is -2.37. The van der Waals surface area contributed by atoms with Crippen LogP contribution >= 0.6 is 0 Å². The van der Waals surface area contributed by atoms with Crippen molar-refractivity contribution in [3.63, 3.8) is 0 Å². The molecule has 0 unspecified atom stereocenters. The third-order valence-electron chi connectivity index (χ3n) is 4.17. The second-order valence-corrected chi connectivity index (χ2v) is 7.64. The second-order valence-electron chi connectivity index (χ2n) is 5.83. The molecule has 1 aliphatic heterocycles. The molecule has 1 fully saturated rings. The van der Waals surface area contributed by atoms with Gasteiger partial charge in [0.05, 0.1) is 18.1 Å². The Balaban J connectivity index is 1.82. The maximum Gasteiger partial charge on any atom is 0.270 e. The van der Waals surface area contributed by atoms with Gasteiger partial charge in [-0.2, -0.15) is 0 Å². The highest BCUT2D eigenvalue weighted by Gasteiger charge is 2.24. The molecule has 4 rings (SSSR count). The van der Waals surface area contributed by atoms with E-state index in [1.54, 1.807) is 24.3 Å². The number of aromatic nitrogens is 4. The molecular weight excluding hydrogens is 342 g/mol. The maximum absolute atomic E-state index is 12.9. The Morgan fingerprint density at radius 2 is 1.76 bits per heavy atom. The molecule has 130 valence electrons. The van der Waals surface area contributed by atoms with Gasteiger partial charge in [-0.25, -0.2) is 27.3 Å². The summed E-state index contributed by atoms with van der Waals surface area (Å²) < 4.78 is 32.3. The standard InChI is InChI=1S/C16H17N5O3S/c1-12-2-4-13(5-3-12)25(22,23)21-11-19-14-15(17-10-18-16(14)21)20-6-8-24-9-7-20/h2-5,10-11H,6-9H2,1H3. The van der Waals surface area contributed by atoms with Gasteiger partial charge in [0.15, 0.2) is 17.0 Å². The Kier molecular flexibility index (Phi) is 3.89. The summed E-state index contributed by atoms with van der Waals surface area (Å²) >= 11 is 0. The third kappa shape index (κ3) is 2.75. The number of aryl methyl sites for hydroxylation is 1. The number of hydrogen-bond acceptors (Lipinski definition) is 7. The fourth-order valence-electron chi connectivity index (χ4n) is 2.81. The quantitative estimate of drug-likeness (QED) is 0.694. The molecule has 0 N–H and O–H groups in total. The highest BCUT2D eigenvalue weighted by molar-refractivity contribution is 7.90. The monoisotopic (exact) mass is 359 g/mol. The fourth-order valence-corrected chi connectivity index (χ4v) is 4.05. The van der Waals surface area contributed by atoms with Crippen LogP contribution in [0.2, 0.25) is 0 Å². The predicted octanol–water partition coefficient (Wildman–Crippen LogP) is 1.21. The molecule has 0 aliphatic carbocycles. The van der Waals surface area contributed by atoms with Crippen molar-refractivity contribution >= 4 is 27.0 Å². The summed E-state index contributed by atoms with van der Waals surface area (Å²) in [6.07, 6.45) is 2.66. The van der Waals surface area contributed by atoms with E-state index in [9.17, 15) is 8.42 Å². The van der Waals surface area contributed by atoms with Crippen LogP contribution < -0.4 is 4.90 Å². The van der Waals surface area contributed by atoms with Crippen molar-refractivity contribution in [3.8, 4) is 0 Å². The van der Waals surface area contributed by atoms with E-state index in [0.29, 0.717) is 37.6 Å². The van der Waals surface area contributed by atoms with E-state index >= 15 is 0 Å². The first-order chi connectivity index (χ1) is 12.1. The fraction of sp³-hybridized carbons (Fsp3) is 0.312. The molecule has 2 aromatic heterocycles. The van der Waals surface area contributed by atoms with Gasteiger partial charge in [-0.15, -0.1) is 0 Å². The lowest BCUT2D eigenvalue weighted by atomic mass is 10.2. The number of nitrogens with zero attached hydrogens (tertiary/aromatic N) is 5. The molecule has 0 saturated carbocycles. The number of morpholine rings is 1. The number of hydrogen-bond donors (Lipinski definition) is 0. The van der Waals surface area contributed by atoms with Gasteiger partial charge >= 0.3 is 0 Å². The van der Waals surface area contributed by atoms with Crippen LogP contribution in [0.5, 0.6) is 0 Å². The lowest BCUT2D eigenvalue weighted by molar-refractivity contribution is 0.122. The average Bonchev–Trinajstić information content (AvgIpc) is 3.08. The van der Waals surface area contributed by atoms with Crippen LogP contribution in [0.4, 0.5) is 5.82 Å². The minimum absolute atomic E-state index is 0.198. The van der Waals surface area contributed by atoms with Crippen molar-refractivity contribution < 1.29 is 13.2 Å². The Labute approximate surface area is 145 Å². The predicted molar refractivity (Wildman–Crippen MR) is 92.1 cm³/mol. The highest BCUT2D eigenvalue weighted by atomic mass is 32.2. The number of anilines is 1. The molecule has 0 atom stereocenters. The van der Waals surface area contributed by atoms with Gasteiger partial charge in [0, 0.05) is 13.1 Å². The molecule has 0 spiro atoms. The molecule has 3 aromatic rings. The SMILES string of the molecule is Cc1ccc(S(=O)(=O)n2cnc3c(N4CCOCC4)ncnc32)cc1. The summed E-state index contributed by atoms with van der Waals surface area (Å²) in [4.78, 5) is 15.0. The molecular formula is C16H17N5O3S. The minimum atomic E-state index is -3.77. The topological polar surface area (TPSA) is 90.2 Å². The molecule has 8 nitrogen and oxygen atoms in total. The minimum Gasteiger partial charge on any atom is -0.378 e. The van der Waals surface area contributed by atoms with Crippen molar-refractivity contribution in [3.05, 3.63) is 42.5 Å². The summed E-state index contributed by atoms with van der Waals surface area (Å²) in [7, 11) is -3.77. The highest BCUT2D eigenvalue weighted by Crippen LogP contribution is 2.25. The number of rotatable bonds is 3. The first-order valence-electron chi connectivity index (χ1n) is 7.90. The number of imidazole rings is 1. The van der Waals surface area contributed by atoms with E-state index in [1.165, 1.54) is 12.7 Å². The first-order valence-corrected chi connectivity index (χ1v) is 9.34. The molecule has 3 heterocycles. The van der Waals surface area contributed by atoms with Crippen molar-refractivity contribution in [2.45, 2.75) is 11.8 Å². The Hall–Kier alpha value is -2.52. The van der Waals surface area contributed by atoms with Crippen molar-refractivity contribution in [2.75, 3.05) is 31.2 Å². The van der Waals surface area contributed by atoms with Gasteiger partial charge in [0.25, 0.3) is 10.0 Å². The Morgan fingerprint density at radius 3 is 2.48 bits per heavy atom. The van der Waals surface area contributed by atoms with E-state index in [4.69, 9.17) is 4.74 Å². The largest absolute Gasteiger partial charge is 0.378 e. The second kappa shape index (κ2) is 6.08. The summed E-state index contributed by atoms with van der Waals surface area (Å²) in [5.41, 5.74) is 1.74. The summed E-state index contributed by atoms with van der Waals surface area (Å²) in [5.74, 6) is 0.631. The summed E-state index contributed by atoms with van der Waals surface area (Å²) in [6, 6.07) is 6.70. The van der Waals surface area contributed by atoms with E-state index < -0.39 is 10.0 Å². The third-order valence-corrected chi connectivity index (χ3v) is 5.83. The van der Waals surface area contributed by atoms with Gasteiger partial charge in [-0.3, -0.25) is 0 Å². The number of ether oxygens (including phenoxy) is 1. The van der Waals surface area contributed by atoms with Crippen LogP contribution in [0.15, 0.2) is 41.8 Å². The van der Waals surface area contributed by atoms with Crippen molar-refractivity contribution in [1.82, 2.24) is 18.9 Å². The first kappa shape index (κ1) is 16.0. The van der Waals surface area contributed by atoms with Crippen LogP contribution in [-0.4, -0.2) is 53.6 Å². The molecule has 25 heavy (non-hydrogen) atoms. The zero-order chi connectivity index (χ0) is 17.4. The molecule has 0 bridgehead atoms. The van der Waals surface area contributed by atoms with Crippen molar-refractivity contribution in [2.24, 2.45) is 0 Å². The normalized spacial score (nSPS) is 15.6. The van der Waals surface area contributed by atoms with E-state index in [-0.39, 0.29) is 10.5 Å². The molecule has 9 heteroatoms. The van der Waals surface area contributed by atoms with E-state index in [1.807, 2.05) is 11.8 Å². The Morgan fingerprint density at radius 1 is 1.04 bits per heavy atom. The molecule has 1 aromatic carbocycles. The number of fused-ring (bicyclic) bond motifs is 1. The van der Waals surface area contributed by atoms with Crippen molar-refractivity contribution in [1.29, 1.82) is 0 Å². The van der Waals surface area contributed by atoms with E-state index in [2.05, 4.69) is 15.0 Å². The molecule has 0 amide bonds. The van der Waals surface area contributed by atoms with Gasteiger partial charge < -0.3 is 9.64 Å². The Bertz CT molecular complexity index is 1010.